The molecular weight excluding hydrogens is 574 g/mol. The summed E-state index contributed by atoms with van der Waals surface area (Å²) in [4.78, 5) is 13.5. The molecule has 0 saturated carbocycles. The Morgan fingerprint density at radius 3 is 1.68 bits per heavy atom. The molecule has 3 nitrogen and oxygen atoms in total. The second kappa shape index (κ2) is 8.74. The molecule has 0 atom stereocenters. The fraction of sp³-hybridized carbons (Fsp3) is 0.0227. The van der Waals surface area contributed by atoms with Gasteiger partial charge in [0.05, 0.1) is 27.5 Å². The molecule has 0 amide bonds. The van der Waals surface area contributed by atoms with E-state index < -0.39 is 5.41 Å². The third-order valence-electron chi connectivity index (χ3n) is 10.7. The highest BCUT2D eigenvalue weighted by atomic mass is 16.4. The van der Waals surface area contributed by atoms with Crippen LogP contribution in [0, 0.1) is 0 Å². The van der Waals surface area contributed by atoms with E-state index in [4.69, 9.17) is 4.42 Å². The summed E-state index contributed by atoms with van der Waals surface area (Å²) in [5.74, 6) is 0. The van der Waals surface area contributed by atoms with Crippen molar-refractivity contribution in [2.45, 2.75) is 5.41 Å². The third-order valence-corrected chi connectivity index (χ3v) is 10.7. The summed E-state index contributed by atoms with van der Waals surface area (Å²) in [6.07, 6.45) is 0. The Morgan fingerprint density at radius 1 is 0.447 bits per heavy atom. The van der Waals surface area contributed by atoms with E-state index in [0.717, 1.165) is 38.3 Å². The minimum Gasteiger partial charge on any atom is -0.420 e. The predicted octanol–water partition coefficient (Wildman–Crippen LogP) is 10.4. The number of nitrogens with zero attached hydrogens (tertiary/aromatic N) is 1. The molecule has 0 bridgehead atoms. The lowest BCUT2D eigenvalue weighted by Gasteiger charge is -2.32. The zero-order valence-electron chi connectivity index (χ0n) is 25.2. The van der Waals surface area contributed by atoms with E-state index in [1.165, 1.54) is 44.5 Å². The number of fused-ring (bicyclic) bond motifs is 17. The van der Waals surface area contributed by atoms with Crippen LogP contribution in [0.4, 0.5) is 0 Å². The molecule has 11 rings (SSSR count). The van der Waals surface area contributed by atoms with Crippen molar-refractivity contribution in [2.24, 2.45) is 0 Å². The minimum absolute atomic E-state index is 0.321. The second-order valence-corrected chi connectivity index (χ2v) is 12.7. The van der Waals surface area contributed by atoms with Crippen molar-refractivity contribution >= 4 is 43.5 Å². The van der Waals surface area contributed by atoms with Gasteiger partial charge in [-0.05, 0) is 68.6 Å². The molecule has 218 valence electrons. The summed E-state index contributed by atoms with van der Waals surface area (Å²) in [6, 6.07) is 54.0. The van der Waals surface area contributed by atoms with Crippen molar-refractivity contribution in [3.05, 3.63) is 184 Å². The van der Waals surface area contributed by atoms with Gasteiger partial charge in [0.25, 0.3) is 0 Å². The summed E-state index contributed by atoms with van der Waals surface area (Å²) in [7, 11) is 0. The van der Waals surface area contributed by atoms with E-state index in [1.807, 2.05) is 24.3 Å². The zero-order valence-corrected chi connectivity index (χ0v) is 25.2. The Labute approximate surface area is 269 Å². The maximum Gasteiger partial charge on any atom is 0.344 e. The molecular formula is C44H25NO2. The summed E-state index contributed by atoms with van der Waals surface area (Å²) < 4.78 is 8.68. The van der Waals surface area contributed by atoms with Crippen LogP contribution in [0.1, 0.15) is 22.3 Å². The fourth-order valence-corrected chi connectivity index (χ4v) is 8.96. The van der Waals surface area contributed by atoms with Gasteiger partial charge in [-0.15, -0.1) is 0 Å². The van der Waals surface area contributed by atoms with Crippen molar-refractivity contribution in [1.82, 2.24) is 4.57 Å². The molecule has 0 N–H and O–H groups in total. The number of para-hydroxylation sites is 1. The van der Waals surface area contributed by atoms with Gasteiger partial charge in [-0.25, -0.2) is 4.79 Å². The van der Waals surface area contributed by atoms with Crippen LogP contribution < -0.4 is 5.63 Å². The van der Waals surface area contributed by atoms with E-state index >= 15 is 0 Å². The molecule has 0 aliphatic heterocycles. The van der Waals surface area contributed by atoms with Crippen molar-refractivity contribution in [2.75, 3.05) is 0 Å². The van der Waals surface area contributed by atoms with Crippen LogP contribution in [-0.4, -0.2) is 4.57 Å². The van der Waals surface area contributed by atoms with Gasteiger partial charge in [-0.2, -0.15) is 0 Å². The smallest absolute Gasteiger partial charge is 0.344 e. The molecule has 7 aromatic carbocycles. The average Bonchev–Trinajstić information content (AvgIpc) is 3.74. The van der Waals surface area contributed by atoms with Crippen molar-refractivity contribution < 1.29 is 4.42 Å². The highest BCUT2D eigenvalue weighted by molar-refractivity contribution is 6.21. The van der Waals surface area contributed by atoms with Crippen LogP contribution >= 0.6 is 0 Å². The normalized spacial score (nSPS) is 13.8. The van der Waals surface area contributed by atoms with Gasteiger partial charge >= 0.3 is 5.63 Å². The highest BCUT2D eigenvalue weighted by Crippen LogP contribution is 2.64. The van der Waals surface area contributed by atoms with Crippen molar-refractivity contribution in [1.29, 1.82) is 0 Å². The fourth-order valence-electron chi connectivity index (χ4n) is 8.96. The SMILES string of the molecule is O=c1oc2c(ccc3c4ccccc4n(-c4cccc5c4C4(c6ccccc6-c6ccccc64)c4ccccc4-5)c32)c2ccccc12. The molecule has 0 unspecified atom stereocenters. The van der Waals surface area contributed by atoms with Gasteiger partial charge < -0.3 is 8.98 Å². The van der Waals surface area contributed by atoms with E-state index in [0.29, 0.717) is 11.0 Å². The largest absolute Gasteiger partial charge is 0.420 e. The number of aromatic nitrogens is 1. The van der Waals surface area contributed by atoms with Gasteiger partial charge in [0.15, 0.2) is 5.58 Å². The van der Waals surface area contributed by atoms with Crippen molar-refractivity contribution in [3.63, 3.8) is 0 Å². The van der Waals surface area contributed by atoms with Crippen LogP contribution in [0.5, 0.6) is 0 Å². The van der Waals surface area contributed by atoms with Gasteiger partial charge in [-0.1, -0.05) is 127 Å². The quantitative estimate of drug-likeness (QED) is 0.139. The Hall–Kier alpha value is -6.19. The van der Waals surface area contributed by atoms with Crippen LogP contribution in [0.3, 0.4) is 0 Å². The van der Waals surface area contributed by atoms with Crippen LogP contribution in [0.2, 0.25) is 0 Å². The van der Waals surface area contributed by atoms with E-state index in [-0.39, 0.29) is 5.63 Å². The van der Waals surface area contributed by atoms with Crippen LogP contribution in [0.15, 0.2) is 161 Å². The van der Waals surface area contributed by atoms with Crippen LogP contribution in [-0.2, 0) is 5.41 Å². The first-order valence-corrected chi connectivity index (χ1v) is 16.1. The number of benzene rings is 7. The average molecular weight is 600 g/mol. The first-order valence-electron chi connectivity index (χ1n) is 16.1. The molecule has 2 aliphatic carbocycles. The second-order valence-electron chi connectivity index (χ2n) is 12.7. The number of rotatable bonds is 1. The lowest BCUT2D eigenvalue weighted by molar-refractivity contribution is 0.571. The third kappa shape index (κ3) is 2.91. The lowest BCUT2D eigenvalue weighted by atomic mass is 9.70. The molecule has 0 radical (unpaired) electrons. The van der Waals surface area contributed by atoms with Gasteiger partial charge in [0.2, 0.25) is 0 Å². The Balaban J connectivity index is 1.38. The number of hydrogen-bond acceptors (Lipinski definition) is 2. The first-order chi connectivity index (χ1) is 23.3. The van der Waals surface area contributed by atoms with E-state index in [2.05, 4.69) is 132 Å². The Bertz CT molecular complexity index is 2820. The van der Waals surface area contributed by atoms with Crippen LogP contribution in [0.25, 0.3) is 71.5 Å². The summed E-state index contributed by atoms with van der Waals surface area (Å²) in [6.45, 7) is 0. The summed E-state index contributed by atoms with van der Waals surface area (Å²) in [5.41, 5.74) is 13.0. The Morgan fingerprint density at radius 2 is 0.979 bits per heavy atom. The standard InChI is InChI=1S/C44H25NO2/c46-43-34-17-2-1-12-26(34)33-25-24-32-30-16-6-10-22-38(30)45(41(32)42(33)47-43)39-23-11-18-31-29-15-5-9-21-37(29)44(40(31)39)35-19-7-3-13-27(35)28-14-4-8-20-36(28)44/h1-25H. The zero-order chi connectivity index (χ0) is 30.9. The maximum absolute atomic E-state index is 13.5. The van der Waals surface area contributed by atoms with Gasteiger partial charge in [-0.3, -0.25) is 0 Å². The molecule has 47 heavy (non-hydrogen) atoms. The summed E-state index contributed by atoms with van der Waals surface area (Å²) >= 11 is 0. The van der Waals surface area contributed by atoms with Gasteiger partial charge in [0.1, 0.15) is 0 Å². The molecule has 1 spiro atoms. The first kappa shape index (κ1) is 25.1. The van der Waals surface area contributed by atoms with Gasteiger partial charge in [0, 0.05) is 21.7 Å². The van der Waals surface area contributed by atoms with Crippen molar-refractivity contribution in [3.8, 4) is 27.9 Å². The molecule has 2 heterocycles. The van der Waals surface area contributed by atoms with E-state index in [1.54, 1.807) is 0 Å². The lowest BCUT2D eigenvalue weighted by Crippen LogP contribution is -2.27. The minimum atomic E-state index is -0.522. The molecule has 2 aliphatic rings. The molecule has 2 aromatic heterocycles. The topological polar surface area (TPSA) is 35.1 Å². The monoisotopic (exact) mass is 599 g/mol. The predicted molar refractivity (Wildman–Crippen MR) is 191 cm³/mol. The molecule has 9 aromatic rings. The molecule has 0 saturated heterocycles. The molecule has 3 heteroatoms. The summed E-state index contributed by atoms with van der Waals surface area (Å²) in [5, 5.41) is 4.60. The molecule has 0 fully saturated rings. The number of hydrogen-bond donors (Lipinski definition) is 0. The highest BCUT2D eigenvalue weighted by Gasteiger charge is 2.53. The Kier molecular flexibility index (Phi) is 4.66. The maximum atomic E-state index is 13.5. The van der Waals surface area contributed by atoms with E-state index in [9.17, 15) is 4.79 Å².